The summed E-state index contributed by atoms with van der Waals surface area (Å²) in [5.41, 5.74) is -0.163. The number of fused-ring (bicyclic) bond motifs is 1. The van der Waals surface area contributed by atoms with Gasteiger partial charge in [0.05, 0.1) is 18.4 Å². The molecule has 2 heterocycles. The lowest BCUT2D eigenvalue weighted by atomic mass is 9.89. The first-order valence-corrected chi connectivity index (χ1v) is 7.60. The second kappa shape index (κ2) is 6.12. The van der Waals surface area contributed by atoms with Crippen molar-refractivity contribution in [3.05, 3.63) is 53.4 Å². The molecule has 0 radical (unpaired) electrons. The number of hydrogen-bond donors (Lipinski definition) is 2. The number of amides is 1. The number of carbonyl (C=O) groups excluding carboxylic acids is 1. The summed E-state index contributed by atoms with van der Waals surface area (Å²) in [5, 5.41) is 11.6. The SMILES string of the molecule is CC1(C)CC(NC(=O)c2cnc(C(=O)O)cn2)c2ccc(F)cc2O1. The maximum atomic E-state index is 13.5. The van der Waals surface area contributed by atoms with Crippen LogP contribution in [0.3, 0.4) is 0 Å². The number of carbonyl (C=O) groups is 2. The standard InChI is InChI=1S/C17H16FN3O4/c1-17(2)6-11(10-4-3-9(18)5-14(10)25-17)21-15(22)12-7-20-13(8-19-12)16(23)24/h3-5,7-8,11H,6H2,1-2H3,(H,21,22)(H,23,24). The van der Waals surface area contributed by atoms with E-state index in [1.165, 1.54) is 12.1 Å². The lowest BCUT2D eigenvalue weighted by Crippen LogP contribution is -2.41. The molecule has 1 amide bonds. The maximum absolute atomic E-state index is 13.5. The quantitative estimate of drug-likeness (QED) is 0.885. The highest BCUT2D eigenvalue weighted by Gasteiger charge is 2.35. The van der Waals surface area contributed by atoms with Gasteiger partial charge in [-0.1, -0.05) is 6.07 Å². The number of aromatic carboxylic acids is 1. The van der Waals surface area contributed by atoms with Gasteiger partial charge in [-0.25, -0.2) is 19.2 Å². The highest BCUT2D eigenvalue weighted by atomic mass is 19.1. The fourth-order valence-electron chi connectivity index (χ4n) is 2.74. The Labute approximate surface area is 142 Å². The first kappa shape index (κ1) is 16.8. The Balaban J connectivity index is 1.84. The van der Waals surface area contributed by atoms with Gasteiger partial charge in [0.2, 0.25) is 0 Å². The van der Waals surface area contributed by atoms with Crippen molar-refractivity contribution in [1.82, 2.24) is 15.3 Å². The number of carboxylic acid groups (broad SMARTS) is 1. The summed E-state index contributed by atoms with van der Waals surface area (Å²) in [6.45, 7) is 3.70. The first-order valence-electron chi connectivity index (χ1n) is 7.60. The molecule has 3 rings (SSSR count). The first-order chi connectivity index (χ1) is 11.7. The minimum atomic E-state index is -1.22. The van der Waals surface area contributed by atoms with Crippen molar-refractivity contribution in [2.75, 3.05) is 0 Å². The van der Waals surface area contributed by atoms with Gasteiger partial charge >= 0.3 is 5.97 Å². The summed E-state index contributed by atoms with van der Waals surface area (Å²) in [7, 11) is 0. The number of carboxylic acids is 1. The van der Waals surface area contributed by atoms with E-state index in [9.17, 15) is 14.0 Å². The van der Waals surface area contributed by atoms with Gasteiger partial charge in [-0.05, 0) is 19.9 Å². The topological polar surface area (TPSA) is 101 Å². The fourth-order valence-corrected chi connectivity index (χ4v) is 2.74. The average Bonchev–Trinajstić information content (AvgIpc) is 2.53. The summed E-state index contributed by atoms with van der Waals surface area (Å²) in [6, 6.07) is 3.77. The molecule has 1 aliphatic rings. The van der Waals surface area contributed by atoms with Crippen LogP contribution in [0, 0.1) is 5.82 Å². The molecule has 0 saturated heterocycles. The van der Waals surface area contributed by atoms with E-state index in [0.717, 1.165) is 12.4 Å². The van der Waals surface area contributed by atoms with Crippen molar-refractivity contribution >= 4 is 11.9 Å². The minimum absolute atomic E-state index is 0.00189. The van der Waals surface area contributed by atoms with E-state index in [0.29, 0.717) is 17.7 Å². The van der Waals surface area contributed by atoms with Crippen LogP contribution in [0.1, 0.15) is 52.9 Å². The van der Waals surface area contributed by atoms with E-state index in [1.807, 2.05) is 13.8 Å². The molecule has 25 heavy (non-hydrogen) atoms. The van der Waals surface area contributed by atoms with Crippen LogP contribution >= 0.6 is 0 Å². The Bertz CT molecular complexity index is 836. The van der Waals surface area contributed by atoms with E-state index in [1.54, 1.807) is 6.07 Å². The van der Waals surface area contributed by atoms with Crippen molar-refractivity contribution in [3.63, 3.8) is 0 Å². The third-order valence-corrected chi connectivity index (χ3v) is 3.84. The summed E-state index contributed by atoms with van der Waals surface area (Å²) in [4.78, 5) is 30.7. The Morgan fingerprint density at radius 2 is 1.96 bits per heavy atom. The highest BCUT2D eigenvalue weighted by Crippen LogP contribution is 2.39. The summed E-state index contributed by atoms with van der Waals surface area (Å²) < 4.78 is 19.2. The van der Waals surface area contributed by atoms with Crippen LogP contribution in [-0.4, -0.2) is 32.6 Å². The molecule has 0 aliphatic carbocycles. The zero-order valence-corrected chi connectivity index (χ0v) is 13.6. The summed E-state index contributed by atoms with van der Waals surface area (Å²) >= 11 is 0. The Kier molecular flexibility index (Phi) is 4.12. The molecule has 0 spiro atoms. The third-order valence-electron chi connectivity index (χ3n) is 3.84. The van der Waals surface area contributed by atoms with Crippen LogP contribution < -0.4 is 10.1 Å². The van der Waals surface area contributed by atoms with Crippen molar-refractivity contribution in [2.24, 2.45) is 0 Å². The normalized spacial score (nSPS) is 18.0. The predicted molar refractivity (Wildman–Crippen MR) is 84.9 cm³/mol. The van der Waals surface area contributed by atoms with Gasteiger partial charge in [-0.3, -0.25) is 4.79 Å². The van der Waals surface area contributed by atoms with E-state index in [2.05, 4.69) is 15.3 Å². The van der Waals surface area contributed by atoms with Crippen molar-refractivity contribution < 1.29 is 23.8 Å². The fraction of sp³-hybridized carbons (Fsp3) is 0.294. The van der Waals surface area contributed by atoms with Gasteiger partial charge in [-0.2, -0.15) is 0 Å². The monoisotopic (exact) mass is 345 g/mol. The molecule has 1 atom stereocenters. The van der Waals surface area contributed by atoms with E-state index in [4.69, 9.17) is 9.84 Å². The smallest absolute Gasteiger partial charge is 0.356 e. The molecule has 1 unspecified atom stereocenters. The van der Waals surface area contributed by atoms with Crippen LogP contribution in [-0.2, 0) is 0 Å². The van der Waals surface area contributed by atoms with Crippen molar-refractivity contribution in [2.45, 2.75) is 31.9 Å². The number of aromatic nitrogens is 2. The zero-order chi connectivity index (χ0) is 18.2. The lowest BCUT2D eigenvalue weighted by molar-refractivity contribution is 0.0612. The van der Waals surface area contributed by atoms with Gasteiger partial charge in [-0.15, -0.1) is 0 Å². The summed E-state index contributed by atoms with van der Waals surface area (Å²) in [6.07, 6.45) is 2.61. The molecular formula is C17H16FN3O4. The van der Waals surface area contributed by atoms with Crippen LogP contribution in [0.4, 0.5) is 4.39 Å². The van der Waals surface area contributed by atoms with Gasteiger partial charge in [0.1, 0.15) is 22.9 Å². The van der Waals surface area contributed by atoms with Gasteiger partial charge in [0.25, 0.3) is 5.91 Å². The van der Waals surface area contributed by atoms with Crippen LogP contribution in [0.15, 0.2) is 30.6 Å². The van der Waals surface area contributed by atoms with Crippen LogP contribution in [0.5, 0.6) is 5.75 Å². The molecule has 1 aromatic heterocycles. The Morgan fingerprint density at radius 3 is 2.60 bits per heavy atom. The van der Waals surface area contributed by atoms with Gasteiger partial charge < -0.3 is 15.2 Å². The maximum Gasteiger partial charge on any atom is 0.356 e. The lowest BCUT2D eigenvalue weighted by Gasteiger charge is -2.37. The number of nitrogens with one attached hydrogen (secondary N) is 1. The van der Waals surface area contributed by atoms with Crippen molar-refractivity contribution in [1.29, 1.82) is 0 Å². The number of rotatable bonds is 3. The Hall–Kier alpha value is -3.03. The van der Waals surface area contributed by atoms with E-state index >= 15 is 0 Å². The number of ether oxygens (including phenoxy) is 1. The molecular weight excluding hydrogens is 329 g/mol. The van der Waals surface area contributed by atoms with Crippen LogP contribution in [0.2, 0.25) is 0 Å². The molecule has 0 saturated carbocycles. The second-order valence-corrected chi connectivity index (χ2v) is 6.37. The molecule has 130 valence electrons. The number of halogens is 1. The predicted octanol–water partition coefficient (Wildman–Crippen LogP) is 2.35. The molecule has 1 aliphatic heterocycles. The second-order valence-electron chi connectivity index (χ2n) is 6.37. The van der Waals surface area contributed by atoms with Crippen molar-refractivity contribution in [3.8, 4) is 5.75 Å². The number of nitrogens with zero attached hydrogens (tertiary/aromatic N) is 2. The minimum Gasteiger partial charge on any atom is -0.487 e. The molecule has 2 aromatic rings. The molecule has 0 fully saturated rings. The molecule has 0 bridgehead atoms. The Morgan fingerprint density at radius 1 is 1.28 bits per heavy atom. The molecule has 1 aromatic carbocycles. The highest BCUT2D eigenvalue weighted by molar-refractivity contribution is 5.93. The van der Waals surface area contributed by atoms with Gasteiger partial charge in [0.15, 0.2) is 5.69 Å². The van der Waals surface area contributed by atoms with E-state index in [-0.39, 0.29) is 11.4 Å². The van der Waals surface area contributed by atoms with Gasteiger partial charge in [0, 0.05) is 18.1 Å². The largest absolute Gasteiger partial charge is 0.487 e. The zero-order valence-electron chi connectivity index (χ0n) is 13.6. The number of hydrogen-bond acceptors (Lipinski definition) is 5. The number of benzene rings is 1. The summed E-state index contributed by atoms with van der Waals surface area (Å²) in [5.74, 6) is -1.76. The third kappa shape index (κ3) is 3.57. The molecule has 2 N–H and O–H groups in total. The molecule has 8 heteroatoms. The van der Waals surface area contributed by atoms with Crippen LogP contribution in [0.25, 0.3) is 0 Å². The average molecular weight is 345 g/mol. The van der Waals surface area contributed by atoms with E-state index < -0.39 is 29.3 Å². The molecule has 7 nitrogen and oxygen atoms in total.